The second kappa shape index (κ2) is 10.4. The van der Waals surface area contributed by atoms with Gasteiger partial charge in [0.05, 0.1) is 25.3 Å². The van der Waals surface area contributed by atoms with Gasteiger partial charge in [0.2, 0.25) is 10.0 Å². The molecule has 0 aromatic heterocycles. The van der Waals surface area contributed by atoms with Gasteiger partial charge in [-0.25, -0.2) is 13.1 Å². The maximum Gasteiger partial charge on any atom is 0.310 e. The second-order valence-electron chi connectivity index (χ2n) is 6.87. The number of sulfonamides is 1. The topological polar surface area (TPSA) is 100 Å². The van der Waals surface area contributed by atoms with E-state index in [0.717, 1.165) is 5.56 Å². The van der Waals surface area contributed by atoms with Crippen LogP contribution < -0.4 is 10.0 Å². The first-order valence-corrected chi connectivity index (χ1v) is 11.1. The highest BCUT2D eigenvalue weighted by atomic mass is 32.2. The highest BCUT2D eigenvalue weighted by molar-refractivity contribution is 7.89. The van der Waals surface area contributed by atoms with Gasteiger partial charge in [-0.15, -0.1) is 0 Å². The summed E-state index contributed by atoms with van der Waals surface area (Å²) in [6, 6.07) is 9.37. The number of carbonyl (C=O) groups is 1. The summed E-state index contributed by atoms with van der Waals surface area (Å²) in [4.78, 5) is 18.3. The molecule has 9 heteroatoms. The van der Waals surface area contributed by atoms with E-state index in [4.69, 9.17) is 4.74 Å². The van der Waals surface area contributed by atoms with Crippen LogP contribution in [0.1, 0.15) is 19.4 Å². The van der Waals surface area contributed by atoms with Gasteiger partial charge in [-0.1, -0.05) is 37.3 Å². The van der Waals surface area contributed by atoms with Gasteiger partial charge in [0.25, 0.3) is 0 Å². The van der Waals surface area contributed by atoms with E-state index in [1.807, 2.05) is 49.1 Å². The number of methoxy groups -OCH3 is 1. The third kappa shape index (κ3) is 6.49. The Balaban J connectivity index is 1.92. The molecule has 2 atom stereocenters. The van der Waals surface area contributed by atoms with Gasteiger partial charge in [-0.2, -0.15) is 0 Å². The first-order valence-electron chi connectivity index (χ1n) is 9.48. The number of likely N-dealkylation sites (tertiary alicyclic amines) is 1. The summed E-state index contributed by atoms with van der Waals surface area (Å²) in [5, 5.41) is 3.18. The second-order valence-corrected chi connectivity index (χ2v) is 8.80. The maximum absolute atomic E-state index is 12.2. The van der Waals surface area contributed by atoms with E-state index in [2.05, 4.69) is 15.0 Å². The van der Waals surface area contributed by atoms with Crippen molar-refractivity contribution in [3.8, 4) is 0 Å². The number of ether oxygens (including phenoxy) is 1. The van der Waals surface area contributed by atoms with Crippen molar-refractivity contribution in [1.82, 2.24) is 14.9 Å². The molecule has 156 valence electrons. The standard InChI is InChI=1S/C19H30N4O4S/c1-4-20-19(23-13-15(2)17(14-23)18(24)27-3)21-10-11-28(25,26)22-12-16-8-6-5-7-9-16/h5-9,15,17,22H,4,10-14H2,1-3H3,(H,20,21). The molecular weight excluding hydrogens is 380 g/mol. The number of benzene rings is 1. The Kier molecular flexibility index (Phi) is 8.25. The van der Waals surface area contributed by atoms with E-state index in [0.29, 0.717) is 25.6 Å². The van der Waals surface area contributed by atoms with E-state index in [-0.39, 0.29) is 36.6 Å². The number of esters is 1. The van der Waals surface area contributed by atoms with Crippen LogP contribution in [0.5, 0.6) is 0 Å². The lowest BCUT2D eigenvalue weighted by atomic mass is 9.99. The predicted octanol–water partition coefficient (Wildman–Crippen LogP) is 0.812. The third-order valence-corrected chi connectivity index (χ3v) is 6.02. The normalized spacial score (nSPS) is 20.2. The molecule has 1 aromatic rings. The van der Waals surface area contributed by atoms with Crippen molar-refractivity contribution >= 4 is 22.0 Å². The minimum atomic E-state index is -3.43. The number of carbonyl (C=O) groups excluding carboxylic acids is 1. The van der Waals surface area contributed by atoms with Crippen LogP contribution in [-0.2, 0) is 26.1 Å². The Morgan fingerprint density at radius 1 is 1.29 bits per heavy atom. The van der Waals surface area contributed by atoms with E-state index >= 15 is 0 Å². The predicted molar refractivity (Wildman–Crippen MR) is 109 cm³/mol. The average molecular weight is 411 g/mol. The van der Waals surface area contributed by atoms with Gasteiger partial charge in [0, 0.05) is 26.2 Å². The molecule has 1 aliphatic rings. The van der Waals surface area contributed by atoms with Crippen LogP contribution in [0.15, 0.2) is 35.3 Å². The Morgan fingerprint density at radius 2 is 2.00 bits per heavy atom. The van der Waals surface area contributed by atoms with E-state index in [1.165, 1.54) is 7.11 Å². The van der Waals surface area contributed by atoms with Crippen LogP contribution in [0.3, 0.4) is 0 Å². The number of guanidine groups is 1. The highest BCUT2D eigenvalue weighted by Gasteiger charge is 2.36. The molecule has 1 saturated heterocycles. The van der Waals surface area contributed by atoms with E-state index in [1.54, 1.807) is 0 Å². The third-order valence-electron chi connectivity index (χ3n) is 4.71. The minimum Gasteiger partial charge on any atom is -0.469 e. The molecule has 0 bridgehead atoms. The van der Waals surface area contributed by atoms with Crippen molar-refractivity contribution in [2.24, 2.45) is 16.8 Å². The summed E-state index contributed by atoms with van der Waals surface area (Å²) in [5.41, 5.74) is 0.905. The summed E-state index contributed by atoms with van der Waals surface area (Å²) in [5.74, 6) is 0.244. The zero-order valence-corrected chi connectivity index (χ0v) is 17.5. The fourth-order valence-electron chi connectivity index (χ4n) is 3.16. The molecule has 1 heterocycles. The highest BCUT2D eigenvalue weighted by Crippen LogP contribution is 2.24. The number of rotatable bonds is 8. The molecule has 1 fully saturated rings. The van der Waals surface area contributed by atoms with E-state index < -0.39 is 10.0 Å². The Labute approximate surface area is 167 Å². The number of hydrogen-bond acceptors (Lipinski definition) is 5. The number of hydrogen-bond donors (Lipinski definition) is 2. The molecule has 0 aliphatic carbocycles. The van der Waals surface area contributed by atoms with E-state index in [9.17, 15) is 13.2 Å². The first-order chi connectivity index (χ1) is 13.4. The van der Waals surface area contributed by atoms with Crippen LogP contribution in [0.4, 0.5) is 0 Å². The zero-order chi connectivity index (χ0) is 20.6. The number of aliphatic imine (C=N–C) groups is 1. The van der Waals surface area contributed by atoms with Crippen LogP contribution in [-0.4, -0.2) is 64.3 Å². The lowest BCUT2D eigenvalue weighted by molar-refractivity contribution is -0.145. The van der Waals surface area contributed by atoms with Crippen LogP contribution in [0.2, 0.25) is 0 Å². The monoisotopic (exact) mass is 410 g/mol. The quantitative estimate of drug-likeness (QED) is 0.374. The van der Waals surface area contributed by atoms with Crippen LogP contribution >= 0.6 is 0 Å². The molecule has 0 saturated carbocycles. The van der Waals surface area contributed by atoms with Gasteiger partial charge in [0.15, 0.2) is 5.96 Å². The SMILES string of the molecule is CCNC(=NCCS(=O)(=O)NCc1ccccc1)N1CC(C)C(C(=O)OC)C1. The Hall–Kier alpha value is -2.13. The molecular formula is C19H30N4O4S. The molecule has 0 amide bonds. The lowest BCUT2D eigenvalue weighted by Gasteiger charge is -2.21. The van der Waals surface area contributed by atoms with Crippen LogP contribution in [0, 0.1) is 11.8 Å². The van der Waals surface area contributed by atoms with Crippen LogP contribution in [0.25, 0.3) is 0 Å². The molecule has 2 N–H and O–H groups in total. The van der Waals surface area contributed by atoms with Crippen molar-refractivity contribution in [3.63, 3.8) is 0 Å². The van der Waals surface area contributed by atoms with Crippen molar-refractivity contribution in [1.29, 1.82) is 0 Å². The molecule has 2 unspecified atom stereocenters. The first kappa shape index (κ1) is 22.2. The summed E-state index contributed by atoms with van der Waals surface area (Å²) in [7, 11) is -2.04. The van der Waals surface area contributed by atoms with Crippen molar-refractivity contribution in [2.75, 3.05) is 39.0 Å². The Bertz CT molecular complexity index is 767. The number of nitrogens with one attached hydrogen (secondary N) is 2. The molecule has 0 spiro atoms. The Morgan fingerprint density at radius 3 is 2.64 bits per heavy atom. The molecule has 1 aliphatic heterocycles. The molecule has 0 radical (unpaired) electrons. The lowest BCUT2D eigenvalue weighted by Crippen LogP contribution is -2.41. The largest absolute Gasteiger partial charge is 0.469 e. The molecule has 28 heavy (non-hydrogen) atoms. The van der Waals surface area contributed by atoms with Gasteiger partial charge in [0.1, 0.15) is 0 Å². The fraction of sp³-hybridized carbons (Fsp3) is 0.579. The van der Waals surface area contributed by atoms with Gasteiger partial charge in [-0.05, 0) is 18.4 Å². The summed E-state index contributed by atoms with van der Waals surface area (Å²) < 4.78 is 31.9. The molecule has 1 aromatic carbocycles. The van der Waals surface area contributed by atoms with Gasteiger partial charge in [-0.3, -0.25) is 9.79 Å². The summed E-state index contributed by atoms with van der Waals surface area (Å²) in [6.45, 7) is 6.20. The summed E-state index contributed by atoms with van der Waals surface area (Å²) >= 11 is 0. The summed E-state index contributed by atoms with van der Waals surface area (Å²) in [6.07, 6.45) is 0. The molecule has 2 rings (SSSR count). The van der Waals surface area contributed by atoms with Gasteiger partial charge < -0.3 is 15.0 Å². The fourth-order valence-corrected chi connectivity index (χ4v) is 4.02. The zero-order valence-electron chi connectivity index (χ0n) is 16.7. The van der Waals surface area contributed by atoms with Crippen molar-refractivity contribution < 1.29 is 17.9 Å². The number of nitrogens with zero attached hydrogens (tertiary/aromatic N) is 2. The smallest absolute Gasteiger partial charge is 0.310 e. The average Bonchev–Trinajstić information content (AvgIpc) is 3.07. The maximum atomic E-state index is 12.2. The molecule has 8 nitrogen and oxygen atoms in total. The van der Waals surface area contributed by atoms with Crippen molar-refractivity contribution in [3.05, 3.63) is 35.9 Å². The van der Waals surface area contributed by atoms with Crippen molar-refractivity contribution in [2.45, 2.75) is 20.4 Å². The minimum absolute atomic E-state index is 0.0987. The van der Waals surface area contributed by atoms with Gasteiger partial charge >= 0.3 is 5.97 Å².